The number of nitriles is 1. The summed E-state index contributed by atoms with van der Waals surface area (Å²) >= 11 is -0.216. The van der Waals surface area contributed by atoms with E-state index in [1.807, 2.05) is 0 Å². The zero-order valence-corrected chi connectivity index (χ0v) is 8.02. The molecule has 0 aromatic rings. The van der Waals surface area contributed by atoms with E-state index < -0.39 is 0 Å². The predicted octanol–water partition coefficient (Wildman–Crippen LogP) is 1.31. The van der Waals surface area contributed by atoms with E-state index in [9.17, 15) is 0 Å². The van der Waals surface area contributed by atoms with Crippen molar-refractivity contribution in [3.63, 3.8) is 0 Å². The van der Waals surface area contributed by atoms with Crippen molar-refractivity contribution in [1.29, 1.82) is 5.26 Å². The van der Waals surface area contributed by atoms with Crippen molar-refractivity contribution in [1.82, 2.24) is 0 Å². The normalized spacial score (nSPS) is 16.6. The van der Waals surface area contributed by atoms with Crippen LogP contribution in [0.3, 0.4) is 0 Å². The molecule has 0 atom stereocenters. The van der Waals surface area contributed by atoms with Crippen LogP contribution in [0.5, 0.6) is 0 Å². The SMILES string of the molecule is N#CCC1=[CH][In][CH2]C1. The van der Waals surface area contributed by atoms with Crippen LogP contribution in [0.25, 0.3) is 0 Å². The quantitative estimate of drug-likeness (QED) is 0.637. The van der Waals surface area contributed by atoms with Gasteiger partial charge < -0.3 is 0 Å². The van der Waals surface area contributed by atoms with Gasteiger partial charge in [0.15, 0.2) is 0 Å². The number of rotatable bonds is 1. The first kappa shape index (κ1) is 6.22. The molecule has 1 heterocycles. The molecule has 1 aliphatic rings. The number of allylic oxidation sites excluding steroid dienone is 1. The van der Waals surface area contributed by atoms with Crippen molar-refractivity contribution in [2.45, 2.75) is 17.0 Å². The van der Waals surface area contributed by atoms with Gasteiger partial charge in [0.25, 0.3) is 0 Å². The Labute approximate surface area is 60.7 Å². The second kappa shape index (κ2) is 3.19. The third-order valence-corrected chi connectivity index (χ3v) is 5.09. The molecule has 0 saturated heterocycles. The molecule has 1 rings (SSSR count). The topological polar surface area (TPSA) is 23.8 Å². The van der Waals surface area contributed by atoms with Crippen molar-refractivity contribution in [2.75, 3.05) is 0 Å². The molecule has 2 heteroatoms. The Bertz CT molecular complexity index is 143. The Balaban J connectivity index is 2.36. The van der Waals surface area contributed by atoms with Gasteiger partial charge in [0, 0.05) is 0 Å². The van der Waals surface area contributed by atoms with E-state index in [2.05, 4.69) is 9.90 Å². The van der Waals surface area contributed by atoms with Crippen molar-refractivity contribution < 1.29 is 0 Å². The van der Waals surface area contributed by atoms with Crippen LogP contribution < -0.4 is 0 Å². The van der Waals surface area contributed by atoms with Crippen LogP contribution in [0.4, 0.5) is 0 Å². The van der Waals surface area contributed by atoms with Gasteiger partial charge in [0.05, 0.1) is 0 Å². The van der Waals surface area contributed by atoms with Gasteiger partial charge >= 0.3 is 60.7 Å². The molecule has 0 unspecified atom stereocenters. The Morgan fingerprint density at radius 3 is 3.25 bits per heavy atom. The molecular formula is C6H7InN. The van der Waals surface area contributed by atoms with Crippen molar-refractivity contribution >= 4 is 22.9 Å². The summed E-state index contributed by atoms with van der Waals surface area (Å²) < 4.78 is 3.82. The summed E-state index contributed by atoms with van der Waals surface area (Å²) in [6.45, 7) is 0. The van der Waals surface area contributed by atoms with Gasteiger partial charge in [-0.15, -0.1) is 0 Å². The molecule has 39 valence electrons. The van der Waals surface area contributed by atoms with E-state index in [0.29, 0.717) is 6.42 Å². The van der Waals surface area contributed by atoms with Crippen molar-refractivity contribution in [3.8, 4) is 6.07 Å². The molecule has 0 bridgehead atoms. The second-order valence-corrected chi connectivity index (χ2v) is 5.88. The van der Waals surface area contributed by atoms with Gasteiger partial charge in [-0.2, -0.15) is 0 Å². The fourth-order valence-corrected chi connectivity index (χ4v) is 4.62. The molecule has 0 amide bonds. The fraction of sp³-hybridized carbons (Fsp3) is 0.500. The first-order valence-corrected chi connectivity index (χ1v) is 7.05. The van der Waals surface area contributed by atoms with E-state index in [1.165, 1.54) is 16.2 Å². The summed E-state index contributed by atoms with van der Waals surface area (Å²) in [6, 6.07) is 2.17. The van der Waals surface area contributed by atoms with Crippen LogP contribution in [0.1, 0.15) is 12.8 Å². The van der Waals surface area contributed by atoms with E-state index in [1.54, 1.807) is 0 Å². The zero-order valence-electron chi connectivity index (χ0n) is 4.72. The minimum absolute atomic E-state index is 0.216. The fourth-order valence-electron chi connectivity index (χ4n) is 0.851. The molecule has 0 N–H and O–H groups in total. The van der Waals surface area contributed by atoms with Crippen LogP contribution in [-0.2, 0) is 0 Å². The van der Waals surface area contributed by atoms with Gasteiger partial charge in [-0.05, 0) is 0 Å². The first-order chi connectivity index (χ1) is 3.93. The molecule has 0 saturated carbocycles. The monoisotopic (exact) mass is 208 g/mol. The Hall–Kier alpha value is 0.100. The van der Waals surface area contributed by atoms with Crippen LogP contribution in [0.15, 0.2) is 9.41 Å². The predicted molar refractivity (Wildman–Crippen MR) is 33.5 cm³/mol. The third kappa shape index (κ3) is 1.56. The molecule has 8 heavy (non-hydrogen) atoms. The van der Waals surface area contributed by atoms with E-state index in [4.69, 9.17) is 5.26 Å². The second-order valence-electron chi connectivity index (χ2n) is 1.93. The summed E-state index contributed by atoms with van der Waals surface area (Å²) in [5, 5.41) is 8.26. The first-order valence-electron chi connectivity index (χ1n) is 2.81. The standard InChI is InChI=1S/C6H7N.In/c1-3-6(2)4-5-7;/h2H,1,3-4H2;. The van der Waals surface area contributed by atoms with Crippen molar-refractivity contribution in [2.24, 2.45) is 0 Å². The summed E-state index contributed by atoms with van der Waals surface area (Å²) in [5.41, 5.74) is 1.42. The van der Waals surface area contributed by atoms with Gasteiger partial charge in [0.1, 0.15) is 0 Å². The molecule has 0 spiro atoms. The summed E-state index contributed by atoms with van der Waals surface area (Å²) in [5.74, 6) is 0. The molecule has 1 nitrogen and oxygen atoms in total. The molecule has 1 aliphatic heterocycles. The third-order valence-electron chi connectivity index (χ3n) is 1.29. The maximum absolute atomic E-state index is 8.26. The molecule has 1 radical (unpaired) electrons. The number of nitrogens with zero attached hydrogens (tertiary/aromatic N) is 1. The minimum atomic E-state index is -0.216. The Morgan fingerprint density at radius 2 is 2.75 bits per heavy atom. The van der Waals surface area contributed by atoms with E-state index in [-0.39, 0.29) is 22.9 Å². The number of hydrogen-bond acceptors (Lipinski definition) is 1. The van der Waals surface area contributed by atoms with E-state index >= 15 is 0 Å². The van der Waals surface area contributed by atoms with Gasteiger partial charge in [0.2, 0.25) is 0 Å². The average molecular weight is 208 g/mol. The molecule has 0 aliphatic carbocycles. The van der Waals surface area contributed by atoms with Crippen LogP contribution in [-0.4, -0.2) is 22.9 Å². The summed E-state index contributed by atoms with van der Waals surface area (Å²) in [7, 11) is 0. The maximum atomic E-state index is 8.26. The van der Waals surface area contributed by atoms with Crippen molar-refractivity contribution in [3.05, 3.63) is 9.41 Å². The molecule has 0 aromatic heterocycles. The summed E-state index contributed by atoms with van der Waals surface area (Å²) in [6.07, 6.45) is 1.94. The van der Waals surface area contributed by atoms with Gasteiger partial charge in [-0.3, -0.25) is 0 Å². The molecule has 0 fully saturated rings. The zero-order chi connectivity index (χ0) is 5.82. The summed E-state index contributed by atoms with van der Waals surface area (Å²) in [4.78, 5) is 0. The van der Waals surface area contributed by atoms with Gasteiger partial charge in [-0.25, -0.2) is 0 Å². The van der Waals surface area contributed by atoms with Crippen LogP contribution >= 0.6 is 0 Å². The number of hydrogen-bond donors (Lipinski definition) is 0. The average Bonchev–Trinajstić information content (AvgIpc) is 2.19. The van der Waals surface area contributed by atoms with E-state index in [0.717, 1.165) is 0 Å². The Kier molecular flexibility index (Phi) is 2.48. The van der Waals surface area contributed by atoms with Crippen LogP contribution in [0, 0.1) is 11.3 Å². The molecular weight excluding hydrogens is 201 g/mol. The Morgan fingerprint density at radius 1 is 1.88 bits per heavy atom. The van der Waals surface area contributed by atoms with Crippen LogP contribution in [0.2, 0.25) is 4.18 Å². The molecule has 0 aromatic carbocycles. The van der Waals surface area contributed by atoms with Gasteiger partial charge in [-0.1, -0.05) is 0 Å².